The third-order valence-electron chi connectivity index (χ3n) is 15.2. The molecule has 63 heavy (non-hydrogen) atoms. The summed E-state index contributed by atoms with van der Waals surface area (Å²) in [5, 5.41) is 12.7. The van der Waals surface area contributed by atoms with Crippen LogP contribution >= 0.6 is 0 Å². The van der Waals surface area contributed by atoms with Crippen molar-refractivity contribution in [3.8, 4) is 0 Å². The largest absolute Gasteiger partial charge is 0.352 e. The van der Waals surface area contributed by atoms with Crippen LogP contribution in [0.5, 0.6) is 0 Å². The Morgan fingerprint density at radius 1 is 0.651 bits per heavy atom. The molecular weight excluding hydrogens is 801 g/mol. The maximum Gasteiger partial charge on any atom is 0.345 e. The van der Waals surface area contributed by atoms with Crippen molar-refractivity contribution < 1.29 is 33.6 Å². The van der Waals surface area contributed by atoms with E-state index in [0.29, 0.717) is 55.9 Å². The zero-order chi connectivity index (χ0) is 43.1. The summed E-state index contributed by atoms with van der Waals surface area (Å²) in [7, 11) is 0. The van der Waals surface area contributed by atoms with Gasteiger partial charge in [0, 0.05) is 63.8 Å². The van der Waals surface area contributed by atoms with Crippen molar-refractivity contribution in [2.45, 2.75) is 127 Å². The number of hydroxylamine groups is 4. The lowest BCUT2D eigenvalue weighted by Gasteiger charge is -2.59. The zero-order valence-electron chi connectivity index (χ0n) is 36.4. The number of urea groups is 2. The van der Waals surface area contributed by atoms with Crippen LogP contribution in [0.15, 0.2) is 60.7 Å². The highest BCUT2D eigenvalue weighted by Crippen LogP contribution is 2.50. The van der Waals surface area contributed by atoms with E-state index < -0.39 is 0 Å². The van der Waals surface area contributed by atoms with E-state index in [1.165, 1.54) is 42.6 Å². The first-order chi connectivity index (χ1) is 30.7. The van der Waals surface area contributed by atoms with Gasteiger partial charge in [0.25, 0.3) is 0 Å². The van der Waals surface area contributed by atoms with Gasteiger partial charge in [-0.05, 0) is 105 Å². The molecule has 6 amide bonds. The molecule has 6 aliphatic heterocycles. The topological polar surface area (TPSA) is 156 Å². The minimum atomic E-state index is -0.366. The van der Waals surface area contributed by atoms with Crippen LogP contribution in [0, 0.1) is 22.7 Å². The van der Waals surface area contributed by atoms with Crippen LogP contribution in [-0.2, 0) is 37.3 Å². The summed E-state index contributed by atoms with van der Waals surface area (Å²) in [5.74, 6) is 1.43. The van der Waals surface area contributed by atoms with E-state index in [1.807, 2.05) is 60.7 Å². The molecule has 0 unspecified atom stereocenters. The first-order valence-corrected chi connectivity index (χ1v) is 23.7. The summed E-state index contributed by atoms with van der Waals surface area (Å²) < 4.78 is 0. The number of likely N-dealkylation sites (tertiary alicyclic amines) is 1. The molecule has 3 N–H and O–H groups in total. The number of nitrogens with one attached hydrogen (secondary N) is 3. The molecule has 4 bridgehead atoms. The lowest BCUT2D eigenvalue weighted by molar-refractivity contribution is -0.140. The summed E-state index contributed by atoms with van der Waals surface area (Å²) in [4.78, 5) is 78.7. The minimum Gasteiger partial charge on any atom is -0.352 e. The summed E-state index contributed by atoms with van der Waals surface area (Å²) in [5.41, 5.74) is 2.95. The number of amides is 6. The number of piperidine rings is 2. The number of hydrogen-bond donors (Lipinski definition) is 3. The molecule has 4 saturated carbocycles. The summed E-state index contributed by atoms with van der Waals surface area (Å²) in [6, 6.07) is 19.2. The molecule has 2 spiro atoms. The van der Waals surface area contributed by atoms with Gasteiger partial charge in [-0.15, -0.1) is 0 Å². The predicted octanol–water partition coefficient (Wildman–Crippen LogP) is 4.23. The normalized spacial score (nSPS) is 29.6. The molecule has 10 fully saturated rings. The number of hydrogen-bond acceptors (Lipinski definition) is 9. The van der Waals surface area contributed by atoms with Crippen molar-refractivity contribution in [2.24, 2.45) is 22.7 Å². The van der Waals surface area contributed by atoms with Crippen molar-refractivity contribution in [3.63, 3.8) is 0 Å². The van der Waals surface area contributed by atoms with E-state index in [4.69, 9.17) is 9.68 Å². The molecule has 12 rings (SSSR count). The lowest BCUT2D eigenvalue weighted by Crippen LogP contribution is -2.67. The van der Waals surface area contributed by atoms with Gasteiger partial charge in [-0.3, -0.25) is 19.3 Å². The molecular formula is C48H64N8O7. The van der Waals surface area contributed by atoms with Crippen LogP contribution in [0.3, 0.4) is 0 Å². The molecule has 10 aliphatic rings. The van der Waals surface area contributed by atoms with Gasteiger partial charge < -0.3 is 35.4 Å². The maximum atomic E-state index is 13.0. The monoisotopic (exact) mass is 864 g/mol. The molecule has 2 aromatic rings. The Kier molecular flexibility index (Phi) is 12.0. The van der Waals surface area contributed by atoms with Crippen LogP contribution in [0.25, 0.3) is 0 Å². The first kappa shape index (κ1) is 42.4. The van der Waals surface area contributed by atoms with Crippen molar-refractivity contribution in [1.82, 2.24) is 40.8 Å². The van der Waals surface area contributed by atoms with Crippen molar-refractivity contribution in [3.05, 3.63) is 71.8 Å². The van der Waals surface area contributed by atoms with Gasteiger partial charge in [0.05, 0.1) is 12.1 Å². The summed E-state index contributed by atoms with van der Waals surface area (Å²) >= 11 is 0. The molecule has 6 heterocycles. The fourth-order valence-electron chi connectivity index (χ4n) is 11.3. The van der Waals surface area contributed by atoms with Gasteiger partial charge in [0.2, 0.25) is 11.8 Å². The van der Waals surface area contributed by atoms with Crippen molar-refractivity contribution >= 4 is 30.2 Å². The highest BCUT2D eigenvalue weighted by atomic mass is 16.7. The van der Waals surface area contributed by atoms with E-state index >= 15 is 0 Å². The second-order valence-corrected chi connectivity index (χ2v) is 20.5. The smallest absolute Gasteiger partial charge is 0.345 e. The summed E-state index contributed by atoms with van der Waals surface area (Å²) in [6.07, 6.45) is 13.4. The number of rotatable bonds is 13. The number of fused-ring (bicyclic) bond motifs is 4. The molecule has 4 atom stereocenters. The Bertz CT molecular complexity index is 1970. The molecule has 0 radical (unpaired) electrons. The molecule has 4 aliphatic carbocycles. The molecule has 15 heteroatoms. The fourth-order valence-corrected chi connectivity index (χ4v) is 11.3. The molecule has 338 valence electrons. The number of carbonyl (C=O) groups excluding carboxylic acids is 5. The number of nitrogens with zero attached hydrogens (tertiary/aromatic N) is 5. The molecule has 15 nitrogen and oxygen atoms in total. The average Bonchev–Trinajstić information content (AvgIpc) is 4.20. The fraction of sp³-hybridized carbons (Fsp3) is 0.646. The first-order valence-electron chi connectivity index (χ1n) is 23.7. The number of carbonyl (C=O) groups is 5. The van der Waals surface area contributed by atoms with Crippen molar-refractivity contribution in [2.75, 3.05) is 45.8 Å². The van der Waals surface area contributed by atoms with Gasteiger partial charge in [-0.2, -0.15) is 10.1 Å². The Balaban J connectivity index is 0.000000136. The zero-order valence-corrected chi connectivity index (χ0v) is 36.4. The maximum absolute atomic E-state index is 13.0. The van der Waals surface area contributed by atoms with E-state index in [1.54, 1.807) is 9.80 Å². The van der Waals surface area contributed by atoms with E-state index in [2.05, 4.69) is 20.9 Å². The van der Waals surface area contributed by atoms with Crippen LogP contribution in [-0.4, -0.2) is 137 Å². The van der Waals surface area contributed by atoms with Crippen LogP contribution in [0.1, 0.15) is 88.2 Å². The standard InChI is InChI=1S/C24H32N4O3.C20H26N4O3.C4H6O/c29-22(25-19-10-24(11-19)15-26(16-24)12-17-6-7-17)21-9-8-20-13-27(21)23(30)28(20)31-14-18-4-2-1-3-5-18;25-18(22-15-8-20(9-15)12-21-13-20)17-7-6-16-10-23(17)19(26)24(16)27-11-14-4-2-1-3-5-14;5-3-4-1-2-4/h1-5,17,19-21H,6-16H2,(H,25,29);1-5,15-17,21H,6-13H2,(H,22,25);3-4H,1-2H2/t20-,21+;16-,17+;/m11./s1. The molecule has 6 saturated heterocycles. The van der Waals surface area contributed by atoms with Gasteiger partial charge in [-0.25, -0.2) is 9.59 Å². The van der Waals surface area contributed by atoms with Crippen LogP contribution < -0.4 is 16.0 Å². The third kappa shape index (κ3) is 9.34. The highest BCUT2D eigenvalue weighted by molar-refractivity contribution is 5.89. The number of benzene rings is 2. The highest BCUT2D eigenvalue weighted by Gasteiger charge is 2.55. The van der Waals surface area contributed by atoms with Gasteiger partial charge >= 0.3 is 12.1 Å². The predicted molar refractivity (Wildman–Crippen MR) is 232 cm³/mol. The van der Waals surface area contributed by atoms with Crippen LogP contribution in [0.2, 0.25) is 0 Å². The Hall–Kier alpha value is -4.57. The number of aldehydes is 1. The third-order valence-corrected chi connectivity index (χ3v) is 15.2. The molecule has 2 aromatic carbocycles. The Morgan fingerprint density at radius 3 is 1.52 bits per heavy atom. The van der Waals surface area contributed by atoms with Crippen LogP contribution in [0.4, 0.5) is 9.59 Å². The van der Waals surface area contributed by atoms with Gasteiger partial charge in [0.1, 0.15) is 31.6 Å². The molecule has 0 aromatic heterocycles. The van der Waals surface area contributed by atoms with Crippen molar-refractivity contribution in [1.29, 1.82) is 0 Å². The lowest BCUT2D eigenvalue weighted by atomic mass is 9.60. The van der Waals surface area contributed by atoms with E-state index in [-0.39, 0.29) is 60.1 Å². The van der Waals surface area contributed by atoms with Gasteiger partial charge in [0.15, 0.2) is 0 Å². The summed E-state index contributed by atoms with van der Waals surface area (Å²) in [6.45, 7) is 7.73. The van der Waals surface area contributed by atoms with E-state index in [0.717, 1.165) is 87.8 Å². The quantitative estimate of drug-likeness (QED) is 0.251. The van der Waals surface area contributed by atoms with E-state index in [9.17, 15) is 24.0 Å². The Morgan fingerprint density at radius 2 is 1.13 bits per heavy atom. The second-order valence-electron chi connectivity index (χ2n) is 20.5. The average molecular weight is 865 g/mol. The SMILES string of the molecule is O=C(NC1CC2(C1)CN(CC1CC1)C2)[C@@H]1CC[C@@H]2CN1C(=O)N2OCc1ccccc1.O=C(NC1CC2(CNC2)C1)[C@@H]1CC[C@@H]2CN1C(=O)N2OCc1ccccc1.O=CC1CC1. The Labute approximate surface area is 370 Å². The van der Waals surface area contributed by atoms with Gasteiger partial charge in [-0.1, -0.05) is 60.7 Å². The second kappa shape index (κ2) is 17.8. The minimum absolute atomic E-state index is 0.00107.